The minimum absolute atomic E-state index is 0.245. The number of nitrogens with one attached hydrogen (secondary N) is 1. The number of hydrogen-bond donors (Lipinski definition) is 1. The van der Waals surface area contributed by atoms with E-state index in [0.29, 0.717) is 25.7 Å². The Morgan fingerprint density at radius 1 is 1.53 bits per heavy atom. The van der Waals surface area contributed by atoms with Gasteiger partial charge in [-0.25, -0.2) is 8.42 Å². The van der Waals surface area contributed by atoms with Crippen molar-refractivity contribution in [2.45, 2.75) is 50.7 Å². The van der Waals surface area contributed by atoms with Crippen LogP contribution in [-0.4, -0.2) is 19.1 Å². The molecule has 0 saturated heterocycles. The molecule has 1 rings (SSSR count). The topological polar surface area (TPSA) is 63.2 Å². The van der Waals surface area contributed by atoms with Crippen LogP contribution in [0.25, 0.3) is 0 Å². The first kappa shape index (κ1) is 14.2. The van der Waals surface area contributed by atoms with E-state index in [0.717, 1.165) is 6.42 Å². The normalized spacial score (nSPS) is 19.4. The molecule has 0 heterocycles. The number of allylic oxidation sites excluding steroid dienone is 1. The lowest BCUT2D eigenvalue weighted by Gasteiger charge is -2.17. The van der Waals surface area contributed by atoms with Crippen molar-refractivity contribution in [1.82, 2.24) is 4.72 Å². The molecule has 1 atom stereocenters. The van der Waals surface area contributed by atoms with Crippen molar-refractivity contribution in [3.63, 3.8) is 0 Å². The summed E-state index contributed by atoms with van der Waals surface area (Å²) >= 11 is 0. The maximum absolute atomic E-state index is 11.9. The number of sulfonamides is 1. The Bertz CT molecular complexity index is 396. The van der Waals surface area contributed by atoms with Gasteiger partial charge in [0.25, 0.3) is 0 Å². The molecule has 1 aliphatic carbocycles. The van der Waals surface area contributed by atoms with Crippen LogP contribution in [0, 0.1) is 5.92 Å². The minimum Gasteiger partial charge on any atom is -0.274 e. The van der Waals surface area contributed by atoms with Crippen LogP contribution in [0.1, 0.15) is 46.0 Å². The highest BCUT2D eigenvalue weighted by atomic mass is 32.2. The Hall–Kier alpha value is -0.840. The molecular formula is C12H21NO3S. The highest BCUT2D eigenvalue weighted by Gasteiger charge is 2.51. The van der Waals surface area contributed by atoms with Crippen molar-refractivity contribution in [3.8, 4) is 0 Å². The van der Waals surface area contributed by atoms with E-state index in [-0.39, 0.29) is 11.8 Å². The second-order valence-corrected chi connectivity index (χ2v) is 7.09. The van der Waals surface area contributed by atoms with Crippen molar-refractivity contribution in [2.75, 3.05) is 0 Å². The van der Waals surface area contributed by atoms with E-state index in [9.17, 15) is 13.2 Å². The van der Waals surface area contributed by atoms with Crippen molar-refractivity contribution in [3.05, 3.63) is 12.7 Å². The van der Waals surface area contributed by atoms with E-state index in [1.165, 1.54) is 0 Å². The zero-order valence-corrected chi connectivity index (χ0v) is 11.3. The second kappa shape index (κ2) is 5.21. The van der Waals surface area contributed by atoms with E-state index in [2.05, 4.69) is 11.3 Å². The molecule has 0 bridgehead atoms. The quantitative estimate of drug-likeness (QED) is 0.711. The predicted octanol–water partition coefficient (Wildman–Crippen LogP) is 1.98. The summed E-state index contributed by atoms with van der Waals surface area (Å²) in [5.74, 6) is -0.618. The largest absolute Gasteiger partial charge is 0.274 e. The van der Waals surface area contributed by atoms with E-state index in [4.69, 9.17) is 0 Å². The summed E-state index contributed by atoms with van der Waals surface area (Å²) in [5, 5.41) is 0. The third kappa shape index (κ3) is 3.31. The molecule has 1 saturated carbocycles. The third-order valence-corrected chi connectivity index (χ3v) is 5.60. The Morgan fingerprint density at radius 3 is 2.53 bits per heavy atom. The van der Waals surface area contributed by atoms with Crippen molar-refractivity contribution < 1.29 is 13.2 Å². The molecule has 0 aliphatic heterocycles. The van der Waals surface area contributed by atoms with Crippen LogP contribution < -0.4 is 4.72 Å². The van der Waals surface area contributed by atoms with Crippen molar-refractivity contribution in [2.24, 2.45) is 5.92 Å². The van der Waals surface area contributed by atoms with Crippen LogP contribution in [0.4, 0.5) is 0 Å². The molecule has 1 N–H and O–H groups in total. The molecule has 0 spiro atoms. The highest BCUT2D eigenvalue weighted by Crippen LogP contribution is 2.42. The van der Waals surface area contributed by atoms with Gasteiger partial charge in [0.15, 0.2) is 0 Å². The first-order valence-corrected chi connectivity index (χ1v) is 7.51. The number of rotatable bonds is 7. The Labute approximate surface area is 104 Å². The summed E-state index contributed by atoms with van der Waals surface area (Å²) in [6, 6.07) is 0. The number of amides is 1. The molecule has 0 aromatic rings. The minimum atomic E-state index is -3.49. The summed E-state index contributed by atoms with van der Waals surface area (Å²) in [4.78, 5) is 11.8. The molecule has 4 nitrogen and oxygen atoms in total. The Balaban J connectivity index is 2.61. The first-order valence-electron chi connectivity index (χ1n) is 6.03. The molecule has 17 heavy (non-hydrogen) atoms. The molecule has 0 aromatic heterocycles. The van der Waals surface area contributed by atoms with Crippen LogP contribution in [-0.2, 0) is 14.8 Å². The highest BCUT2D eigenvalue weighted by molar-refractivity contribution is 7.91. The maximum Gasteiger partial charge on any atom is 0.240 e. The lowest BCUT2D eigenvalue weighted by Crippen LogP contribution is -2.41. The first-order chi connectivity index (χ1) is 7.86. The fourth-order valence-corrected chi connectivity index (χ4v) is 2.94. The van der Waals surface area contributed by atoms with Crippen LogP contribution >= 0.6 is 0 Å². The van der Waals surface area contributed by atoms with Crippen molar-refractivity contribution >= 4 is 15.9 Å². The second-order valence-electron chi connectivity index (χ2n) is 4.89. The maximum atomic E-state index is 11.9. The monoisotopic (exact) mass is 259 g/mol. The van der Waals surface area contributed by atoms with Crippen LogP contribution in [0.3, 0.4) is 0 Å². The van der Waals surface area contributed by atoms with Gasteiger partial charge < -0.3 is 0 Å². The molecule has 98 valence electrons. The van der Waals surface area contributed by atoms with Gasteiger partial charge in [0.05, 0.1) is 4.75 Å². The SMILES string of the molecule is C=CCC[C@@H](CC)C(=O)NS(=O)(=O)C1(C)CC1. The molecule has 0 unspecified atom stereocenters. The zero-order chi connectivity index (χ0) is 13.1. The molecule has 1 aliphatic rings. The van der Waals surface area contributed by atoms with Gasteiger partial charge >= 0.3 is 0 Å². The number of carbonyl (C=O) groups is 1. The van der Waals surface area contributed by atoms with Crippen LogP contribution in [0.2, 0.25) is 0 Å². The van der Waals surface area contributed by atoms with Gasteiger partial charge in [-0.1, -0.05) is 13.0 Å². The van der Waals surface area contributed by atoms with Gasteiger partial charge in [-0.2, -0.15) is 0 Å². The van der Waals surface area contributed by atoms with Gasteiger partial charge in [-0.05, 0) is 39.0 Å². The van der Waals surface area contributed by atoms with Gasteiger partial charge in [0.2, 0.25) is 15.9 Å². The lowest BCUT2D eigenvalue weighted by atomic mass is 10.00. The van der Waals surface area contributed by atoms with E-state index in [1.54, 1.807) is 13.0 Å². The fourth-order valence-electron chi connectivity index (χ4n) is 1.62. The van der Waals surface area contributed by atoms with Crippen molar-refractivity contribution in [1.29, 1.82) is 0 Å². The zero-order valence-electron chi connectivity index (χ0n) is 10.5. The van der Waals surface area contributed by atoms with Gasteiger partial charge in [0.1, 0.15) is 0 Å². The van der Waals surface area contributed by atoms with E-state index < -0.39 is 14.8 Å². The fraction of sp³-hybridized carbons (Fsp3) is 0.750. The van der Waals surface area contributed by atoms with Crippen LogP contribution in [0.15, 0.2) is 12.7 Å². The molecule has 0 aromatic carbocycles. The summed E-state index contributed by atoms with van der Waals surface area (Å²) in [6.45, 7) is 7.16. The Kier molecular flexibility index (Phi) is 4.36. The van der Waals surface area contributed by atoms with Gasteiger partial charge in [-0.3, -0.25) is 9.52 Å². The molecule has 0 radical (unpaired) electrons. The van der Waals surface area contributed by atoms with E-state index in [1.807, 2.05) is 6.92 Å². The smallest absolute Gasteiger partial charge is 0.240 e. The molecule has 1 amide bonds. The summed E-state index contributed by atoms with van der Waals surface area (Å²) < 4.78 is 25.2. The molecular weight excluding hydrogens is 238 g/mol. The van der Waals surface area contributed by atoms with E-state index >= 15 is 0 Å². The van der Waals surface area contributed by atoms with Gasteiger partial charge in [0, 0.05) is 5.92 Å². The predicted molar refractivity (Wildman–Crippen MR) is 67.9 cm³/mol. The third-order valence-electron chi connectivity index (χ3n) is 3.42. The number of carbonyl (C=O) groups excluding carboxylic acids is 1. The summed E-state index contributed by atoms with van der Waals surface area (Å²) in [6.07, 6.45) is 5.04. The average molecular weight is 259 g/mol. The average Bonchev–Trinajstić information content (AvgIpc) is 2.98. The van der Waals surface area contributed by atoms with Gasteiger partial charge in [-0.15, -0.1) is 6.58 Å². The number of hydrogen-bond acceptors (Lipinski definition) is 3. The lowest BCUT2D eigenvalue weighted by molar-refractivity contribution is -0.123. The summed E-state index contributed by atoms with van der Waals surface area (Å²) in [5.41, 5.74) is 0. The van der Waals surface area contributed by atoms with Crippen LogP contribution in [0.5, 0.6) is 0 Å². The molecule has 1 fully saturated rings. The Morgan fingerprint density at radius 2 is 2.12 bits per heavy atom. The standard InChI is InChI=1S/C12H21NO3S/c1-4-6-7-10(5-2)11(14)13-17(15,16)12(3)8-9-12/h4,10H,1,5-9H2,2-3H3,(H,13,14)/t10-/m1/s1. The summed E-state index contributed by atoms with van der Waals surface area (Å²) in [7, 11) is -3.49. The molecule has 5 heteroatoms.